The molecule has 0 saturated heterocycles. The predicted octanol–water partition coefficient (Wildman–Crippen LogP) is 4.47. The van der Waals surface area contributed by atoms with Crippen LogP contribution in [0.25, 0.3) is 0 Å². The van der Waals surface area contributed by atoms with Crippen molar-refractivity contribution in [1.82, 2.24) is 0 Å². The summed E-state index contributed by atoms with van der Waals surface area (Å²) in [6.07, 6.45) is -6.10. The number of halogens is 6. The van der Waals surface area contributed by atoms with Crippen LogP contribution in [0.4, 0.5) is 26.3 Å². The second-order valence-electron chi connectivity index (χ2n) is 3.38. The fraction of sp³-hybridized carbons (Fsp3) is 0.778. The summed E-state index contributed by atoms with van der Waals surface area (Å²) in [6, 6.07) is 0. The van der Waals surface area contributed by atoms with E-state index in [2.05, 4.69) is 0 Å². The quantitative estimate of drug-likeness (QED) is 0.629. The molecule has 0 spiro atoms. The minimum Gasteiger partial charge on any atom is -0.212 e. The maximum atomic E-state index is 12.8. The summed E-state index contributed by atoms with van der Waals surface area (Å²) in [5.41, 5.74) is 0. The summed E-state index contributed by atoms with van der Waals surface area (Å²) >= 11 is 0. The van der Waals surface area contributed by atoms with Gasteiger partial charge < -0.3 is 0 Å². The Labute approximate surface area is 84.0 Å². The van der Waals surface area contributed by atoms with E-state index in [-0.39, 0.29) is 0 Å². The highest BCUT2D eigenvalue weighted by Crippen LogP contribution is 2.37. The molecule has 0 heterocycles. The van der Waals surface area contributed by atoms with E-state index in [1.54, 1.807) is 0 Å². The molecule has 6 heteroatoms. The van der Waals surface area contributed by atoms with E-state index >= 15 is 0 Å². The molecule has 0 aliphatic rings. The molecule has 0 aromatic heterocycles. The lowest BCUT2D eigenvalue weighted by molar-refractivity contribution is -0.173. The average molecular weight is 234 g/mol. The van der Waals surface area contributed by atoms with Gasteiger partial charge in [0, 0.05) is 6.42 Å². The van der Waals surface area contributed by atoms with Gasteiger partial charge in [0.25, 0.3) is 0 Å². The molecule has 0 N–H and O–H groups in total. The van der Waals surface area contributed by atoms with Crippen LogP contribution in [-0.2, 0) is 0 Å². The summed E-state index contributed by atoms with van der Waals surface area (Å²) in [7, 11) is 0. The van der Waals surface area contributed by atoms with Crippen molar-refractivity contribution in [2.24, 2.45) is 5.92 Å². The van der Waals surface area contributed by atoms with E-state index in [1.165, 1.54) is 0 Å². The third kappa shape index (κ3) is 5.69. The molecule has 0 aromatic rings. The Hall–Kier alpha value is -0.680. The summed E-state index contributed by atoms with van der Waals surface area (Å²) < 4.78 is 74.0. The summed E-state index contributed by atoms with van der Waals surface area (Å²) in [6.45, 7) is 1.60. The summed E-state index contributed by atoms with van der Waals surface area (Å²) in [5.74, 6) is -7.04. The first-order valence-electron chi connectivity index (χ1n) is 4.34. The Kier molecular flexibility index (Phi) is 4.67. The number of hydrogen-bond donors (Lipinski definition) is 0. The molecular weight excluding hydrogens is 222 g/mol. The normalized spacial score (nSPS) is 16.7. The van der Waals surface area contributed by atoms with E-state index in [0.717, 1.165) is 6.92 Å². The van der Waals surface area contributed by atoms with Gasteiger partial charge in [0.1, 0.15) is 11.7 Å². The Morgan fingerprint density at radius 1 is 1.20 bits per heavy atom. The highest BCUT2D eigenvalue weighted by Gasteiger charge is 2.43. The third-order valence-electron chi connectivity index (χ3n) is 1.88. The minimum absolute atomic E-state index is 0.508. The zero-order chi connectivity index (χ0) is 12.3. The van der Waals surface area contributed by atoms with Gasteiger partial charge in [-0.15, -0.1) is 0 Å². The van der Waals surface area contributed by atoms with Crippen LogP contribution in [0.5, 0.6) is 0 Å². The SMILES string of the molecule is CC=C(F)C(CCC(C)(F)F)C(F)(F)F. The lowest BCUT2D eigenvalue weighted by atomic mass is 9.98. The van der Waals surface area contributed by atoms with Gasteiger partial charge in [-0.25, -0.2) is 13.2 Å². The van der Waals surface area contributed by atoms with Crippen LogP contribution < -0.4 is 0 Å². The van der Waals surface area contributed by atoms with Crippen LogP contribution in [0.1, 0.15) is 26.7 Å². The molecule has 90 valence electrons. The van der Waals surface area contributed by atoms with Gasteiger partial charge in [0.15, 0.2) is 0 Å². The monoisotopic (exact) mass is 234 g/mol. The predicted molar refractivity (Wildman–Crippen MR) is 44.3 cm³/mol. The average Bonchev–Trinajstić information content (AvgIpc) is 1.99. The van der Waals surface area contributed by atoms with Crippen LogP contribution in [0.2, 0.25) is 0 Å². The number of alkyl halides is 5. The number of hydrogen-bond acceptors (Lipinski definition) is 0. The second-order valence-corrected chi connectivity index (χ2v) is 3.38. The fourth-order valence-corrected chi connectivity index (χ4v) is 1.06. The highest BCUT2D eigenvalue weighted by atomic mass is 19.4. The molecule has 0 bridgehead atoms. The van der Waals surface area contributed by atoms with Gasteiger partial charge in [-0.2, -0.15) is 13.2 Å². The molecule has 0 radical (unpaired) electrons. The van der Waals surface area contributed by atoms with Gasteiger partial charge in [-0.1, -0.05) is 6.08 Å². The molecular formula is C9H12F6. The van der Waals surface area contributed by atoms with Crippen molar-refractivity contribution in [3.8, 4) is 0 Å². The summed E-state index contributed by atoms with van der Waals surface area (Å²) in [5, 5.41) is 0. The van der Waals surface area contributed by atoms with E-state index < -0.39 is 36.7 Å². The number of rotatable bonds is 4. The molecule has 0 aliphatic heterocycles. The zero-order valence-corrected chi connectivity index (χ0v) is 8.34. The zero-order valence-electron chi connectivity index (χ0n) is 8.34. The molecule has 0 aliphatic carbocycles. The molecule has 0 amide bonds. The van der Waals surface area contributed by atoms with E-state index in [9.17, 15) is 26.3 Å². The number of allylic oxidation sites excluding steroid dienone is 2. The van der Waals surface area contributed by atoms with E-state index in [4.69, 9.17) is 0 Å². The molecule has 15 heavy (non-hydrogen) atoms. The van der Waals surface area contributed by atoms with Crippen LogP contribution in [0.3, 0.4) is 0 Å². The molecule has 0 fully saturated rings. The van der Waals surface area contributed by atoms with Gasteiger partial charge >= 0.3 is 6.18 Å². The summed E-state index contributed by atoms with van der Waals surface area (Å²) in [4.78, 5) is 0. The second kappa shape index (κ2) is 4.90. The molecule has 1 atom stereocenters. The van der Waals surface area contributed by atoms with Crippen LogP contribution in [0.15, 0.2) is 11.9 Å². The van der Waals surface area contributed by atoms with Crippen LogP contribution in [0, 0.1) is 5.92 Å². The Balaban J connectivity index is 4.56. The van der Waals surface area contributed by atoms with Crippen molar-refractivity contribution in [2.45, 2.75) is 38.8 Å². The molecule has 0 aromatic carbocycles. The van der Waals surface area contributed by atoms with Crippen LogP contribution >= 0.6 is 0 Å². The third-order valence-corrected chi connectivity index (χ3v) is 1.88. The first-order valence-corrected chi connectivity index (χ1v) is 4.34. The smallest absolute Gasteiger partial charge is 0.212 e. The Bertz CT molecular complexity index is 222. The van der Waals surface area contributed by atoms with Crippen molar-refractivity contribution in [3.05, 3.63) is 11.9 Å². The van der Waals surface area contributed by atoms with Crippen molar-refractivity contribution in [1.29, 1.82) is 0 Å². The Morgan fingerprint density at radius 3 is 1.93 bits per heavy atom. The molecule has 1 unspecified atom stereocenters. The first-order chi connectivity index (χ1) is 6.58. The largest absolute Gasteiger partial charge is 0.397 e. The lowest BCUT2D eigenvalue weighted by Crippen LogP contribution is -2.25. The van der Waals surface area contributed by atoms with Crippen molar-refractivity contribution >= 4 is 0 Å². The molecule has 0 rings (SSSR count). The first kappa shape index (κ1) is 14.3. The topological polar surface area (TPSA) is 0 Å². The van der Waals surface area contributed by atoms with Crippen molar-refractivity contribution < 1.29 is 26.3 Å². The maximum absolute atomic E-state index is 12.8. The lowest BCUT2D eigenvalue weighted by Gasteiger charge is -2.20. The highest BCUT2D eigenvalue weighted by molar-refractivity contribution is 4.99. The van der Waals surface area contributed by atoms with Crippen LogP contribution in [-0.4, -0.2) is 12.1 Å². The minimum atomic E-state index is -4.82. The van der Waals surface area contributed by atoms with Crippen molar-refractivity contribution in [2.75, 3.05) is 0 Å². The van der Waals surface area contributed by atoms with Gasteiger partial charge in [0.2, 0.25) is 5.92 Å². The molecule has 0 nitrogen and oxygen atoms in total. The Morgan fingerprint density at radius 2 is 1.67 bits per heavy atom. The van der Waals surface area contributed by atoms with Gasteiger partial charge in [0.05, 0.1) is 0 Å². The van der Waals surface area contributed by atoms with E-state index in [1.807, 2.05) is 0 Å². The standard InChI is InChI=1S/C9H12F6/c1-3-7(10)6(9(13,14)15)4-5-8(2,11)12/h3,6H,4-5H2,1-2H3. The molecule has 0 saturated carbocycles. The van der Waals surface area contributed by atoms with E-state index in [0.29, 0.717) is 13.0 Å². The van der Waals surface area contributed by atoms with Crippen molar-refractivity contribution in [3.63, 3.8) is 0 Å². The van der Waals surface area contributed by atoms with Gasteiger partial charge in [-0.3, -0.25) is 0 Å². The fourth-order valence-electron chi connectivity index (χ4n) is 1.06. The maximum Gasteiger partial charge on any atom is 0.397 e. The van der Waals surface area contributed by atoms with Gasteiger partial charge in [-0.05, 0) is 20.3 Å².